The van der Waals surface area contributed by atoms with Gasteiger partial charge in [0.25, 0.3) is 5.91 Å². The first kappa shape index (κ1) is 17.0. The number of fused-ring (bicyclic) bond motifs is 1. The van der Waals surface area contributed by atoms with Crippen molar-refractivity contribution in [2.75, 3.05) is 0 Å². The van der Waals surface area contributed by atoms with Crippen molar-refractivity contribution in [1.29, 1.82) is 0 Å². The molecule has 0 saturated heterocycles. The molecule has 4 aromatic rings. The lowest BCUT2D eigenvalue weighted by Crippen LogP contribution is -2.26. The highest BCUT2D eigenvalue weighted by Crippen LogP contribution is 2.25. The molecule has 1 unspecified atom stereocenters. The summed E-state index contributed by atoms with van der Waals surface area (Å²) >= 11 is 0. The van der Waals surface area contributed by atoms with Gasteiger partial charge in [0.15, 0.2) is 0 Å². The molecule has 0 aliphatic carbocycles. The predicted molar refractivity (Wildman–Crippen MR) is 104 cm³/mol. The lowest BCUT2D eigenvalue weighted by atomic mass is 10.0. The maximum Gasteiger partial charge on any atom is 0.252 e. The molecule has 5 nitrogen and oxygen atoms in total. The molecule has 3 aromatic heterocycles. The molecule has 0 bridgehead atoms. The number of hydrogen-bond acceptors (Lipinski definition) is 4. The second-order valence-corrected chi connectivity index (χ2v) is 6.45. The molecule has 1 atom stereocenters. The second kappa shape index (κ2) is 7.03. The van der Waals surface area contributed by atoms with Gasteiger partial charge in [-0.15, -0.1) is 0 Å². The number of aromatic nitrogens is 2. The molecule has 0 radical (unpaired) electrons. The Morgan fingerprint density at radius 1 is 1.07 bits per heavy atom. The zero-order chi connectivity index (χ0) is 18.8. The van der Waals surface area contributed by atoms with E-state index >= 15 is 0 Å². The van der Waals surface area contributed by atoms with E-state index in [2.05, 4.69) is 10.3 Å². The lowest BCUT2D eigenvalue weighted by molar-refractivity contribution is 0.0937. The Labute approximate surface area is 157 Å². The fourth-order valence-electron chi connectivity index (χ4n) is 3.07. The van der Waals surface area contributed by atoms with Gasteiger partial charge in [-0.3, -0.25) is 9.78 Å². The first-order valence-electron chi connectivity index (χ1n) is 8.79. The van der Waals surface area contributed by atoms with E-state index in [-0.39, 0.29) is 11.9 Å². The fourth-order valence-corrected chi connectivity index (χ4v) is 3.07. The van der Waals surface area contributed by atoms with Crippen LogP contribution in [0.15, 0.2) is 71.4 Å². The van der Waals surface area contributed by atoms with Crippen LogP contribution in [0, 0.1) is 6.92 Å². The average Bonchev–Trinajstić information content (AvgIpc) is 3.14. The largest absolute Gasteiger partial charge is 0.464 e. The quantitative estimate of drug-likeness (QED) is 0.575. The van der Waals surface area contributed by atoms with Gasteiger partial charge < -0.3 is 9.73 Å². The minimum Gasteiger partial charge on any atom is -0.464 e. The average molecular weight is 357 g/mol. The maximum atomic E-state index is 13.0. The molecule has 3 heterocycles. The van der Waals surface area contributed by atoms with Crippen molar-refractivity contribution in [3.63, 3.8) is 0 Å². The lowest BCUT2D eigenvalue weighted by Gasteiger charge is -2.14. The first-order valence-corrected chi connectivity index (χ1v) is 8.79. The summed E-state index contributed by atoms with van der Waals surface area (Å²) in [6, 6.07) is 16.8. The van der Waals surface area contributed by atoms with E-state index in [0.717, 1.165) is 33.7 Å². The number of pyridine rings is 2. The van der Waals surface area contributed by atoms with Gasteiger partial charge in [0, 0.05) is 23.3 Å². The Hall–Kier alpha value is -3.47. The Kier molecular flexibility index (Phi) is 4.42. The van der Waals surface area contributed by atoms with E-state index in [9.17, 15) is 4.79 Å². The Morgan fingerprint density at radius 2 is 1.85 bits per heavy atom. The number of nitrogens with zero attached hydrogens (tertiary/aromatic N) is 2. The van der Waals surface area contributed by atoms with Crippen LogP contribution < -0.4 is 5.32 Å². The van der Waals surface area contributed by atoms with Gasteiger partial charge in [-0.05, 0) is 50.2 Å². The summed E-state index contributed by atoms with van der Waals surface area (Å²) in [6.45, 7) is 3.79. The number of nitrogens with one attached hydrogen (secondary N) is 1. The molecule has 0 aliphatic rings. The summed E-state index contributed by atoms with van der Waals surface area (Å²) in [5, 5.41) is 3.84. The number of hydrogen-bond donors (Lipinski definition) is 1. The monoisotopic (exact) mass is 357 g/mol. The zero-order valence-electron chi connectivity index (χ0n) is 15.1. The topological polar surface area (TPSA) is 68.0 Å². The van der Waals surface area contributed by atoms with Crippen LogP contribution in [0.1, 0.15) is 34.8 Å². The van der Waals surface area contributed by atoms with E-state index < -0.39 is 0 Å². The van der Waals surface area contributed by atoms with Crippen molar-refractivity contribution in [3.8, 4) is 11.3 Å². The van der Waals surface area contributed by atoms with Crippen LogP contribution in [0.2, 0.25) is 0 Å². The molecule has 1 amide bonds. The molecule has 0 spiro atoms. The standard InChI is InChI=1S/C22H19N3O2/c1-14-7-8-21(27-14)15(2)24-22(26)18-13-20(16-9-11-23-12-10-16)25-19-6-4-3-5-17(18)19/h3-13,15H,1-2H3,(H,24,26). The van der Waals surface area contributed by atoms with Gasteiger partial charge in [0.1, 0.15) is 11.5 Å². The normalized spacial score (nSPS) is 12.1. The van der Waals surface area contributed by atoms with Crippen molar-refractivity contribution in [2.24, 2.45) is 0 Å². The van der Waals surface area contributed by atoms with E-state index in [0.29, 0.717) is 5.56 Å². The number of amides is 1. The van der Waals surface area contributed by atoms with E-state index in [4.69, 9.17) is 9.40 Å². The van der Waals surface area contributed by atoms with Crippen molar-refractivity contribution < 1.29 is 9.21 Å². The van der Waals surface area contributed by atoms with Crippen molar-refractivity contribution in [2.45, 2.75) is 19.9 Å². The third-order valence-electron chi connectivity index (χ3n) is 4.47. The highest BCUT2D eigenvalue weighted by molar-refractivity contribution is 6.07. The number of carbonyl (C=O) groups excluding carboxylic acids is 1. The Bertz CT molecular complexity index is 1100. The molecule has 1 N–H and O–H groups in total. The number of rotatable bonds is 4. The molecule has 5 heteroatoms. The summed E-state index contributed by atoms with van der Waals surface area (Å²) in [5.41, 5.74) is 3.02. The number of para-hydroxylation sites is 1. The van der Waals surface area contributed by atoms with Gasteiger partial charge in [-0.2, -0.15) is 0 Å². The highest BCUT2D eigenvalue weighted by atomic mass is 16.3. The third kappa shape index (κ3) is 3.44. The molecular formula is C22H19N3O2. The highest BCUT2D eigenvalue weighted by Gasteiger charge is 2.18. The smallest absolute Gasteiger partial charge is 0.252 e. The van der Waals surface area contributed by atoms with E-state index in [1.807, 2.05) is 68.4 Å². The van der Waals surface area contributed by atoms with E-state index in [1.165, 1.54) is 0 Å². The number of carbonyl (C=O) groups is 1. The van der Waals surface area contributed by atoms with E-state index in [1.54, 1.807) is 12.4 Å². The molecular weight excluding hydrogens is 338 g/mol. The number of aryl methyl sites for hydroxylation is 1. The van der Waals surface area contributed by atoms with Crippen LogP contribution >= 0.6 is 0 Å². The summed E-state index contributed by atoms with van der Waals surface area (Å²) in [4.78, 5) is 21.8. The second-order valence-electron chi connectivity index (χ2n) is 6.45. The van der Waals surface area contributed by atoms with Crippen LogP contribution in [0.5, 0.6) is 0 Å². The maximum absolute atomic E-state index is 13.0. The summed E-state index contributed by atoms with van der Waals surface area (Å²) in [6.07, 6.45) is 3.43. The van der Waals surface area contributed by atoms with Crippen LogP contribution in [0.3, 0.4) is 0 Å². The molecule has 0 saturated carbocycles. The molecule has 134 valence electrons. The van der Waals surface area contributed by atoms with Gasteiger partial charge >= 0.3 is 0 Å². The van der Waals surface area contributed by atoms with Gasteiger partial charge in [-0.25, -0.2) is 4.98 Å². The van der Waals surface area contributed by atoms with Crippen LogP contribution in [0.4, 0.5) is 0 Å². The van der Waals surface area contributed by atoms with Crippen LogP contribution in [-0.2, 0) is 0 Å². The third-order valence-corrected chi connectivity index (χ3v) is 4.47. The zero-order valence-corrected chi connectivity index (χ0v) is 15.1. The summed E-state index contributed by atoms with van der Waals surface area (Å²) in [7, 11) is 0. The molecule has 4 rings (SSSR count). The van der Waals surface area contributed by atoms with Gasteiger partial charge in [0.05, 0.1) is 22.8 Å². The van der Waals surface area contributed by atoms with Crippen LogP contribution in [-0.4, -0.2) is 15.9 Å². The molecule has 0 aliphatic heterocycles. The van der Waals surface area contributed by atoms with Gasteiger partial charge in [-0.1, -0.05) is 18.2 Å². The predicted octanol–water partition coefficient (Wildman–Crippen LogP) is 4.69. The fraction of sp³-hybridized carbons (Fsp3) is 0.136. The Morgan fingerprint density at radius 3 is 2.59 bits per heavy atom. The van der Waals surface area contributed by atoms with Crippen molar-refractivity contribution in [1.82, 2.24) is 15.3 Å². The van der Waals surface area contributed by atoms with Crippen molar-refractivity contribution >= 4 is 16.8 Å². The summed E-state index contributed by atoms with van der Waals surface area (Å²) in [5.74, 6) is 1.39. The summed E-state index contributed by atoms with van der Waals surface area (Å²) < 4.78 is 5.63. The molecule has 27 heavy (non-hydrogen) atoms. The number of benzene rings is 1. The van der Waals surface area contributed by atoms with Gasteiger partial charge in [0.2, 0.25) is 0 Å². The first-order chi connectivity index (χ1) is 13.1. The molecule has 0 fully saturated rings. The molecule has 1 aromatic carbocycles. The minimum absolute atomic E-state index is 0.162. The van der Waals surface area contributed by atoms with Crippen LogP contribution in [0.25, 0.3) is 22.2 Å². The van der Waals surface area contributed by atoms with Crippen molar-refractivity contribution in [3.05, 3.63) is 84.1 Å². The minimum atomic E-state index is -0.234. The Balaban J connectivity index is 1.74. The number of furan rings is 1. The SMILES string of the molecule is Cc1ccc(C(C)NC(=O)c2cc(-c3ccncc3)nc3ccccc23)o1.